The maximum Gasteiger partial charge on any atom is 0.255 e. The van der Waals surface area contributed by atoms with Crippen LogP contribution in [0.5, 0.6) is 0 Å². The van der Waals surface area contributed by atoms with Crippen molar-refractivity contribution in [2.45, 2.75) is 26.2 Å². The first-order chi connectivity index (χ1) is 7.69. The highest BCUT2D eigenvalue weighted by atomic mass is 19.3. The fourth-order valence-electron chi connectivity index (χ4n) is 1.35. The third kappa shape index (κ3) is 3.27. The molecule has 0 unspecified atom stereocenters. The van der Waals surface area contributed by atoms with Crippen molar-refractivity contribution in [1.29, 1.82) is 0 Å². The first-order valence-corrected chi connectivity index (χ1v) is 5.01. The van der Waals surface area contributed by atoms with Gasteiger partial charge in [-0.3, -0.25) is 0 Å². The number of anilines is 2. The number of nitrogens with two attached hydrogens (primary N) is 1. The average Bonchev–Trinajstić information content (AvgIpc) is 2.27. The number of aromatic nitrogens is 2. The summed E-state index contributed by atoms with van der Waals surface area (Å²) in [6.45, 7) is 1.54. The molecule has 0 aliphatic heterocycles. The Labute approximate surface area is 92.4 Å². The molecule has 0 radical (unpaired) electrons. The Morgan fingerprint density at radius 1 is 1.38 bits per heavy atom. The van der Waals surface area contributed by atoms with Crippen molar-refractivity contribution >= 4 is 11.6 Å². The number of halogens is 2. The second-order valence-electron chi connectivity index (χ2n) is 3.22. The molecule has 0 aliphatic carbocycles. The van der Waals surface area contributed by atoms with Crippen molar-refractivity contribution in [2.75, 3.05) is 17.3 Å². The number of alkyl halides is 2. The molecule has 0 fully saturated rings. The van der Waals surface area contributed by atoms with Crippen LogP contribution in [-0.4, -0.2) is 22.9 Å². The summed E-state index contributed by atoms with van der Waals surface area (Å²) in [4.78, 5) is 7.86. The molecule has 0 aromatic carbocycles. The van der Waals surface area contributed by atoms with Crippen LogP contribution >= 0.6 is 0 Å². The van der Waals surface area contributed by atoms with Gasteiger partial charge in [-0.15, -0.1) is 0 Å². The van der Waals surface area contributed by atoms with E-state index in [4.69, 9.17) is 5.84 Å². The van der Waals surface area contributed by atoms with Gasteiger partial charge in [0.2, 0.25) is 0 Å². The van der Waals surface area contributed by atoms with Crippen molar-refractivity contribution in [3.63, 3.8) is 0 Å². The first kappa shape index (κ1) is 12.6. The predicted octanol–water partition coefficient (Wildman–Crippen LogP) is 1.39. The van der Waals surface area contributed by atoms with Gasteiger partial charge in [0.05, 0.1) is 6.54 Å². The molecule has 0 saturated heterocycles. The van der Waals surface area contributed by atoms with E-state index in [1.165, 1.54) is 6.33 Å². The molecule has 4 N–H and O–H groups in total. The van der Waals surface area contributed by atoms with Gasteiger partial charge in [-0.2, -0.15) is 0 Å². The molecule has 0 amide bonds. The van der Waals surface area contributed by atoms with Crippen molar-refractivity contribution in [1.82, 2.24) is 9.97 Å². The van der Waals surface area contributed by atoms with Crippen LogP contribution < -0.4 is 16.6 Å². The lowest BCUT2D eigenvalue weighted by Crippen LogP contribution is -2.17. The lowest BCUT2D eigenvalue weighted by Gasteiger charge is -2.12. The Morgan fingerprint density at radius 3 is 2.62 bits per heavy atom. The number of hydrogen-bond donors (Lipinski definition) is 3. The molecule has 16 heavy (non-hydrogen) atoms. The summed E-state index contributed by atoms with van der Waals surface area (Å²) in [6, 6.07) is 0. The highest BCUT2D eigenvalue weighted by Crippen LogP contribution is 2.20. The normalized spacial score (nSPS) is 10.6. The second-order valence-corrected chi connectivity index (χ2v) is 3.22. The number of rotatable bonds is 6. The molecule has 0 atom stereocenters. The third-order valence-corrected chi connectivity index (χ3v) is 2.01. The lowest BCUT2D eigenvalue weighted by atomic mass is 10.1. The van der Waals surface area contributed by atoms with Gasteiger partial charge in [0, 0.05) is 5.56 Å². The molecular weight excluding hydrogens is 216 g/mol. The predicted molar refractivity (Wildman–Crippen MR) is 58.3 cm³/mol. The van der Waals surface area contributed by atoms with Crippen LogP contribution in [0.25, 0.3) is 0 Å². The molecule has 1 aromatic heterocycles. The van der Waals surface area contributed by atoms with Gasteiger partial charge < -0.3 is 10.7 Å². The van der Waals surface area contributed by atoms with Crippen LogP contribution in [0.3, 0.4) is 0 Å². The van der Waals surface area contributed by atoms with E-state index in [9.17, 15) is 8.78 Å². The van der Waals surface area contributed by atoms with E-state index >= 15 is 0 Å². The fourth-order valence-corrected chi connectivity index (χ4v) is 1.35. The standard InChI is InChI=1S/C9H15F2N5/c1-2-3-6-8(13-4-7(10)11)14-5-15-9(6)16-12/h5,7H,2-4,12H2,1H3,(H2,13,14,15,16). The minimum atomic E-state index is -2.42. The van der Waals surface area contributed by atoms with Crippen molar-refractivity contribution in [3.8, 4) is 0 Å². The monoisotopic (exact) mass is 231 g/mol. The van der Waals surface area contributed by atoms with E-state index in [0.717, 1.165) is 12.0 Å². The first-order valence-electron chi connectivity index (χ1n) is 5.01. The molecule has 7 heteroatoms. The van der Waals surface area contributed by atoms with Gasteiger partial charge in [0.25, 0.3) is 6.43 Å². The Morgan fingerprint density at radius 2 is 2.06 bits per heavy atom. The van der Waals surface area contributed by atoms with Gasteiger partial charge in [-0.25, -0.2) is 24.6 Å². The van der Waals surface area contributed by atoms with Crippen LogP contribution in [-0.2, 0) is 6.42 Å². The SMILES string of the molecule is CCCc1c(NN)ncnc1NCC(F)F. The minimum absolute atomic E-state index is 0.408. The number of nitrogen functional groups attached to an aromatic ring is 1. The maximum atomic E-state index is 12.1. The molecule has 1 aromatic rings. The van der Waals surface area contributed by atoms with Crippen molar-refractivity contribution < 1.29 is 8.78 Å². The summed E-state index contributed by atoms with van der Waals surface area (Å²) in [5.74, 6) is 6.16. The summed E-state index contributed by atoms with van der Waals surface area (Å²) >= 11 is 0. The number of nitrogens with one attached hydrogen (secondary N) is 2. The van der Waals surface area contributed by atoms with E-state index in [0.29, 0.717) is 18.1 Å². The largest absolute Gasteiger partial charge is 0.364 e. The topological polar surface area (TPSA) is 75.9 Å². The zero-order chi connectivity index (χ0) is 12.0. The van der Waals surface area contributed by atoms with Crippen LogP contribution in [0.4, 0.5) is 20.4 Å². The molecule has 5 nitrogen and oxygen atoms in total. The van der Waals surface area contributed by atoms with Crippen molar-refractivity contribution in [2.24, 2.45) is 5.84 Å². The Balaban J connectivity index is 2.88. The highest BCUT2D eigenvalue weighted by molar-refractivity contribution is 5.56. The number of nitrogens with zero attached hydrogens (tertiary/aromatic N) is 2. The van der Waals surface area contributed by atoms with Gasteiger partial charge in [-0.1, -0.05) is 13.3 Å². The van der Waals surface area contributed by atoms with Gasteiger partial charge >= 0.3 is 0 Å². The summed E-state index contributed by atoms with van der Waals surface area (Å²) in [5.41, 5.74) is 3.16. The van der Waals surface area contributed by atoms with Gasteiger partial charge in [0.1, 0.15) is 18.0 Å². The van der Waals surface area contributed by atoms with Crippen LogP contribution in [0.15, 0.2) is 6.33 Å². The molecule has 0 bridgehead atoms. The highest BCUT2D eigenvalue weighted by Gasteiger charge is 2.11. The Hall–Kier alpha value is -1.50. The Bertz CT molecular complexity index is 332. The zero-order valence-electron chi connectivity index (χ0n) is 9.00. The van der Waals surface area contributed by atoms with E-state index in [1.807, 2.05) is 6.92 Å². The molecule has 1 heterocycles. The van der Waals surface area contributed by atoms with E-state index in [1.54, 1.807) is 0 Å². The molecule has 90 valence electrons. The van der Waals surface area contributed by atoms with E-state index in [2.05, 4.69) is 20.7 Å². The summed E-state index contributed by atoms with van der Waals surface area (Å²) in [7, 11) is 0. The number of hydrogen-bond acceptors (Lipinski definition) is 5. The third-order valence-electron chi connectivity index (χ3n) is 2.01. The fraction of sp³-hybridized carbons (Fsp3) is 0.556. The smallest absolute Gasteiger partial charge is 0.255 e. The summed E-state index contributed by atoms with van der Waals surface area (Å²) in [5, 5.41) is 2.58. The molecule has 0 saturated carbocycles. The van der Waals surface area contributed by atoms with Crippen LogP contribution in [0.1, 0.15) is 18.9 Å². The summed E-state index contributed by atoms with van der Waals surface area (Å²) < 4.78 is 24.1. The van der Waals surface area contributed by atoms with Gasteiger partial charge in [-0.05, 0) is 6.42 Å². The molecular formula is C9H15F2N5. The van der Waals surface area contributed by atoms with Crippen LogP contribution in [0.2, 0.25) is 0 Å². The number of hydrazine groups is 1. The van der Waals surface area contributed by atoms with E-state index < -0.39 is 13.0 Å². The molecule has 0 spiro atoms. The zero-order valence-corrected chi connectivity index (χ0v) is 9.00. The second kappa shape index (κ2) is 6.16. The minimum Gasteiger partial charge on any atom is -0.364 e. The average molecular weight is 231 g/mol. The lowest BCUT2D eigenvalue weighted by molar-refractivity contribution is 0.163. The Kier molecular flexibility index (Phi) is 4.84. The quantitative estimate of drug-likeness (QED) is 0.509. The summed E-state index contributed by atoms with van der Waals surface area (Å²) in [6.07, 6.45) is 0.387. The van der Waals surface area contributed by atoms with E-state index in [-0.39, 0.29) is 0 Å². The molecule has 0 aliphatic rings. The maximum absolute atomic E-state index is 12.1. The van der Waals surface area contributed by atoms with Crippen LogP contribution in [0, 0.1) is 0 Å². The van der Waals surface area contributed by atoms with Crippen molar-refractivity contribution in [3.05, 3.63) is 11.9 Å². The van der Waals surface area contributed by atoms with Gasteiger partial charge in [0.15, 0.2) is 0 Å². The molecule has 1 rings (SSSR count).